The maximum absolute atomic E-state index is 11.8. The Balaban J connectivity index is 1.68. The molecule has 4 nitrogen and oxygen atoms in total. The van der Waals surface area contributed by atoms with Crippen LogP contribution in [0.1, 0.15) is 17.7 Å². The van der Waals surface area contributed by atoms with Crippen molar-refractivity contribution in [2.75, 3.05) is 10.6 Å². The molecule has 0 saturated heterocycles. The van der Waals surface area contributed by atoms with Gasteiger partial charge in [0.25, 0.3) is 0 Å². The first-order valence-electron chi connectivity index (χ1n) is 5.93. The summed E-state index contributed by atoms with van der Waals surface area (Å²) in [5.74, 6) is 0. The van der Waals surface area contributed by atoms with E-state index in [1.165, 1.54) is 17.1 Å². The molecule has 0 saturated carbocycles. The van der Waals surface area contributed by atoms with Crippen LogP contribution in [0.15, 0.2) is 30.3 Å². The van der Waals surface area contributed by atoms with E-state index >= 15 is 0 Å². The van der Waals surface area contributed by atoms with Crippen LogP contribution < -0.4 is 10.6 Å². The average Bonchev–Trinajstić information content (AvgIpc) is 2.95. The number of hydrogen-bond donors (Lipinski definition) is 2. The molecule has 2 N–H and O–H groups in total. The SMILES string of the molecule is O=C(Nc1ccccc1)Nc1snc2c1CCC2. The van der Waals surface area contributed by atoms with Crippen LogP contribution in [0.3, 0.4) is 0 Å². The number of rotatable bonds is 2. The number of carbonyl (C=O) groups excluding carboxylic acids is 1. The number of aromatic nitrogens is 1. The summed E-state index contributed by atoms with van der Waals surface area (Å²) >= 11 is 1.37. The maximum Gasteiger partial charge on any atom is 0.324 e. The fourth-order valence-electron chi connectivity index (χ4n) is 2.11. The second-order valence-electron chi connectivity index (χ2n) is 4.24. The van der Waals surface area contributed by atoms with Gasteiger partial charge in [0.2, 0.25) is 0 Å². The van der Waals surface area contributed by atoms with Crippen molar-refractivity contribution in [2.45, 2.75) is 19.3 Å². The van der Waals surface area contributed by atoms with E-state index < -0.39 is 0 Å². The third kappa shape index (κ3) is 2.22. The molecule has 2 amide bonds. The van der Waals surface area contributed by atoms with Crippen molar-refractivity contribution in [3.63, 3.8) is 0 Å². The zero-order valence-corrected chi connectivity index (χ0v) is 10.6. The van der Waals surface area contributed by atoms with Gasteiger partial charge >= 0.3 is 6.03 Å². The van der Waals surface area contributed by atoms with Gasteiger partial charge in [-0.15, -0.1) is 0 Å². The molecule has 1 aliphatic carbocycles. The summed E-state index contributed by atoms with van der Waals surface area (Å²) in [7, 11) is 0. The molecule has 0 spiro atoms. The molecule has 1 aromatic carbocycles. The summed E-state index contributed by atoms with van der Waals surface area (Å²) < 4.78 is 4.36. The minimum absolute atomic E-state index is 0.209. The van der Waals surface area contributed by atoms with Crippen LogP contribution in [-0.2, 0) is 12.8 Å². The van der Waals surface area contributed by atoms with E-state index in [1.54, 1.807) is 0 Å². The van der Waals surface area contributed by atoms with Gasteiger partial charge in [0, 0.05) is 11.3 Å². The van der Waals surface area contributed by atoms with Crippen LogP contribution in [0.25, 0.3) is 0 Å². The van der Waals surface area contributed by atoms with E-state index in [0.29, 0.717) is 0 Å². The number of carbonyl (C=O) groups is 1. The van der Waals surface area contributed by atoms with E-state index in [-0.39, 0.29) is 6.03 Å². The molecule has 92 valence electrons. The van der Waals surface area contributed by atoms with E-state index in [0.717, 1.165) is 35.6 Å². The highest BCUT2D eigenvalue weighted by Crippen LogP contribution is 2.32. The molecule has 1 aliphatic rings. The highest BCUT2D eigenvalue weighted by atomic mass is 32.1. The minimum atomic E-state index is -0.209. The third-order valence-electron chi connectivity index (χ3n) is 2.97. The number of amides is 2. The van der Waals surface area contributed by atoms with Gasteiger partial charge < -0.3 is 5.32 Å². The number of aryl methyl sites for hydroxylation is 1. The molecule has 0 bridgehead atoms. The summed E-state index contributed by atoms with van der Waals surface area (Å²) in [6, 6.07) is 9.20. The lowest BCUT2D eigenvalue weighted by atomic mass is 10.3. The Kier molecular flexibility index (Phi) is 2.98. The van der Waals surface area contributed by atoms with Crippen molar-refractivity contribution in [3.05, 3.63) is 41.6 Å². The summed E-state index contributed by atoms with van der Waals surface area (Å²) in [5, 5.41) is 6.56. The minimum Gasteiger partial charge on any atom is -0.308 e. The molecule has 1 heterocycles. The maximum atomic E-state index is 11.8. The molecule has 3 rings (SSSR count). The highest BCUT2D eigenvalue weighted by Gasteiger charge is 2.20. The van der Waals surface area contributed by atoms with Crippen molar-refractivity contribution in [1.82, 2.24) is 4.37 Å². The molecule has 2 aromatic rings. The first-order chi connectivity index (χ1) is 8.83. The van der Waals surface area contributed by atoms with Crippen LogP contribution in [0.5, 0.6) is 0 Å². The monoisotopic (exact) mass is 259 g/mol. The average molecular weight is 259 g/mol. The van der Waals surface area contributed by atoms with Crippen LogP contribution >= 0.6 is 11.5 Å². The molecule has 0 aliphatic heterocycles. The molecule has 5 heteroatoms. The van der Waals surface area contributed by atoms with E-state index in [4.69, 9.17) is 0 Å². The second kappa shape index (κ2) is 4.78. The van der Waals surface area contributed by atoms with E-state index in [2.05, 4.69) is 15.0 Å². The summed E-state index contributed by atoms with van der Waals surface area (Å²) in [6.07, 6.45) is 3.20. The van der Waals surface area contributed by atoms with Gasteiger partial charge in [-0.2, -0.15) is 4.37 Å². The summed E-state index contributed by atoms with van der Waals surface area (Å²) in [6.45, 7) is 0. The lowest BCUT2D eigenvalue weighted by Crippen LogP contribution is -2.19. The largest absolute Gasteiger partial charge is 0.324 e. The number of fused-ring (bicyclic) bond motifs is 1. The fourth-order valence-corrected chi connectivity index (χ4v) is 2.99. The van der Waals surface area contributed by atoms with Gasteiger partial charge in [-0.3, -0.25) is 5.32 Å². The van der Waals surface area contributed by atoms with Crippen LogP contribution in [0.2, 0.25) is 0 Å². The second-order valence-corrected chi connectivity index (χ2v) is 5.01. The predicted octanol–water partition coefficient (Wildman–Crippen LogP) is 3.28. The van der Waals surface area contributed by atoms with Crippen molar-refractivity contribution in [3.8, 4) is 0 Å². The predicted molar refractivity (Wildman–Crippen MR) is 73.2 cm³/mol. The van der Waals surface area contributed by atoms with Crippen molar-refractivity contribution >= 4 is 28.3 Å². The number of hydrogen-bond acceptors (Lipinski definition) is 3. The molecule has 18 heavy (non-hydrogen) atoms. The zero-order chi connectivity index (χ0) is 12.4. The molecule has 0 unspecified atom stereocenters. The Labute approximate surface area is 109 Å². The number of benzene rings is 1. The summed E-state index contributed by atoms with van der Waals surface area (Å²) in [4.78, 5) is 11.8. The summed E-state index contributed by atoms with van der Waals surface area (Å²) in [5.41, 5.74) is 3.15. The van der Waals surface area contributed by atoms with Gasteiger partial charge in [0.1, 0.15) is 5.00 Å². The van der Waals surface area contributed by atoms with Crippen LogP contribution in [0, 0.1) is 0 Å². The number of anilines is 2. The van der Waals surface area contributed by atoms with Crippen molar-refractivity contribution in [1.29, 1.82) is 0 Å². The Bertz CT molecular complexity index is 565. The quantitative estimate of drug-likeness (QED) is 0.869. The number of nitrogens with one attached hydrogen (secondary N) is 2. The van der Waals surface area contributed by atoms with E-state index in [9.17, 15) is 4.79 Å². The van der Waals surface area contributed by atoms with Gasteiger partial charge in [-0.25, -0.2) is 4.79 Å². The first kappa shape index (κ1) is 11.2. The smallest absolute Gasteiger partial charge is 0.308 e. The van der Waals surface area contributed by atoms with Gasteiger partial charge in [0.05, 0.1) is 5.69 Å². The van der Waals surface area contributed by atoms with Gasteiger partial charge in [0.15, 0.2) is 0 Å². The molecular formula is C13H13N3OS. The topological polar surface area (TPSA) is 54.0 Å². The molecule has 0 fully saturated rings. The zero-order valence-electron chi connectivity index (χ0n) is 9.77. The molecule has 1 aromatic heterocycles. The standard InChI is InChI=1S/C13H13N3OS/c17-13(14-9-5-2-1-3-6-9)15-12-10-7-4-8-11(10)16-18-12/h1-3,5-6H,4,7-8H2,(H2,14,15,17). The molecule has 0 atom stereocenters. The Hall–Kier alpha value is -1.88. The lowest BCUT2D eigenvalue weighted by Gasteiger charge is -2.06. The Morgan fingerprint density at radius 1 is 1.17 bits per heavy atom. The highest BCUT2D eigenvalue weighted by molar-refractivity contribution is 7.10. The van der Waals surface area contributed by atoms with Crippen molar-refractivity contribution < 1.29 is 4.79 Å². The Morgan fingerprint density at radius 3 is 2.83 bits per heavy atom. The van der Waals surface area contributed by atoms with Crippen molar-refractivity contribution in [2.24, 2.45) is 0 Å². The molecular weight excluding hydrogens is 246 g/mol. The van der Waals surface area contributed by atoms with Gasteiger partial charge in [-0.1, -0.05) is 18.2 Å². The van der Waals surface area contributed by atoms with Crippen LogP contribution in [-0.4, -0.2) is 10.4 Å². The lowest BCUT2D eigenvalue weighted by molar-refractivity contribution is 0.262. The van der Waals surface area contributed by atoms with Gasteiger partial charge in [-0.05, 0) is 42.9 Å². The van der Waals surface area contributed by atoms with E-state index in [1.807, 2.05) is 30.3 Å². The number of nitrogens with zero attached hydrogens (tertiary/aromatic N) is 1. The normalized spacial score (nSPS) is 13.1. The fraction of sp³-hybridized carbons (Fsp3) is 0.231. The number of urea groups is 1. The molecule has 0 radical (unpaired) electrons. The first-order valence-corrected chi connectivity index (χ1v) is 6.71. The Morgan fingerprint density at radius 2 is 2.00 bits per heavy atom. The van der Waals surface area contributed by atoms with Crippen LogP contribution in [0.4, 0.5) is 15.5 Å². The third-order valence-corrected chi connectivity index (χ3v) is 3.81. The number of para-hydroxylation sites is 1.